The summed E-state index contributed by atoms with van der Waals surface area (Å²) in [4.78, 5) is 9.19. The van der Waals surface area contributed by atoms with Crippen LogP contribution in [0.2, 0.25) is 0 Å². The number of aliphatic imine (C=N–C) groups is 1. The summed E-state index contributed by atoms with van der Waals surface area (Å²) in [6, 6.07) is 18.7. The Morgan fingerprint density at radius 3 is 2.48 bits per heavy atom. The van der Waals surface area contributed by atoms with Crippen LogP contribution in [0.3, 0.4) is 0 Å². The van der Waals surface area contributed by atoms with Crippen LogP contribution in [0.25, 0.3) is 0 Å². The molecule has 1 N–H and O–H groups in total. The molecule has 1 heterocycles. The average molecular weight is 338 g/mol. The van der Waals surface area contributed by atoms with Crippen molar-refractivity contribution in [1.29, 1.82) is 0 Å². The molecule has 5 heteroatoms. The van der Waals surface area contributed by atoms with Crippen molar-refractivity contribution in [3.05, 3.63) is 60.2 Å². The van der Waals surface area contributed by atoms with Crippen molar-refractivity contribution in [3.8, 4) is 5.75 Å². The molecule has 0 aromatic heterocycles. The third-order valence-electron chi connectivity index (χ3n) is 4.50. The van der Waals surface area contributed by atoms with Gasteiger partial charge in [0.2, 0.25) is 0 Å². The van der Waals surface area contributed by atoms with Gasteiger partial charge in [0.15, 0.2) is 5.96 Å². The molecule has 0 unspecified atom stereocenters. The first-order valence-corrected chi connectivity index (χ1v) is 8.68. The highest BCUT2D eigenvalue weighted by molar-refractivity contribution is 5.80. The van der Waals surface area contributed by atoms with Gasteiger partial charge in [0.1, 0.15) is 5.75 Å². The van der Waals surface area contributed by atoms with Crippen molar-refractivity contribution in [2.45, 2.75) is 6.54 Å². The lowest BCUT2D eigenvalue weighted by Gasteiger charge is -2.37. The molecule has 3 rings (SSSR count). The molecule has 0 atom stereocenters. The van der Waals surface area contributed by atoms with Gasteiger partial charge in [-0.15, -0.1) is 0 Å². The van der Waals surface area contributed by atoms with E-state index in [-0.39, 0.29) is 0 Å². The van der Waals surface area contributed by atoms with E-state index < -0.39 is 0 Å². The number of ether oxygens (including phenoxy) is 1. The van der Waals surface area contributed by atoms with E-state index in [1.54, 1.807) is 7.11 Å². The highest BCUT2D eigenvalue weighted by Gasteiger charge is 2.19. The molecule has 0 amide bonds. The van der Waals surface area contributed by atoms with Crippen LogP contribution in [0.5, 0.6) is 5.75 Å². The minimum atomic E-state index is 0.739. The minimum absolute atomic E-state index is 0.739. The first-order chi connectivity index (χ1) is 12.3. The zero-order chi connectivity index (χ0) is 17.5. The zero-order valence-electron chi connectivity index (χ0n) is 15.0. The van der Waals surface area contributed by atoms with E-state index >= 15 is 0 Å². The smallest absolute Gasteiger partial charge is 0.194 e. The third-order valence-corrected chi connectivity index (χ3v) is 4.50. The van der Waals surface area contributed by atoms with E-state index in [4.69, 9.17) is 4.74 Å². The molecule has 0 aliphatic carbocycles. The summed E-state index contributed by atoms with van der Waals surface area (Å²) in [5.74, 6) is 1.83. The highest BCUT2D eigenvalue weighted by Crippen LogP contribution is 2.16. The summed E-state index contributed by atoms with van der Waals surface area (Å²) in [7, 11) is 3.54. The molecule has 1 saturated heterocycles. The molecule has 0 radical (unpaired) electrons. The molecule has 132 valence electrons. The van der Waals surface area contributed by atoms with Crippen molar-refractivity contribution in [3.63, 3.8) is 0 Å². The van der Waals surface area contributed by atoms with Gasteiger partial charge in [-0.3, -0.25) is 4.99 Å². The van der Waals surface area contributed by atoms with Crippen LogP contribution in [-0.2, 0) is 6.54 Å². The van der Waals surface area contributed by atoms with Gasteiger partial charge in [0, 0.05) is 45.5 Å². The quantitative estimate of drug-likeness (QED) is 0.687. The molecule has 1 aliphatic rings. The van der Waals surface area contributed by atoms with Gasteiger partial charge in [0.25, 0.3) is 0 Å². The van der Waals surface area contributed by atoms with Crippen molar-refractivity contribution in [1.82, 2.24) is 10.2 Å². The number of hydrogen-bond donors (Lipinski definition) is 1. The first kappa shape index (κ1) is 17.1. The van der Waals surface area contributed by atoms with Gasteiger partial charge in [0.05, 0.1) is 7.11 Å². The molecule has 0 saturated carbocycles. The van der Waals surface area contributed by atoms with Crippen molar-refractivity contribution in [2.24, 2.45) is 4.99 Å². The lowest BCUT2D eigenvalue weighted by atomic mass is 10.2. The first-order valence-electron chi connectivity index (χ1n) is 8.68. The fourth-order valence-corrected chi connectivity index (χ4v) is 3.11. The Morgan fingerprint density at radius 2 is 1.80 bits per heavy atom. The molecule has 5 nitrogen and oxygen atoms in total. The van der Waals surface area contributed by atoms with Crippen LogP contribution in [0.4, 0.5) is 5.69 Å². The maximum absolute atomic E-state index is 5.28. The summed E-state index contributed by atoms with van der Waals surface area (Å²) in [5, 5.41) is 3.46. The van der Waals surface area contributed by atoms with Crippen molar-refractivity contribution >= 4 is 11.6 Å². The number of anilines is 1. The van der Waals surface area contributed by atoms with Crippen molar-refractivity contribution < 1.29 is 4.74 Å². The van der Waals surface area contributed by atoms with E-state index in [1.165, 1.54) is 11.3 Å². The molecule has 2 aromatic rings. The second-order valence-electron chi connectivity index (χ2n) is 6.06. The van der Waals surface area contributed by atoms with Gasteiger partial charge in [-0.1, -0.05) is 30.3 Å². The second kappa shape index (κ2) is 8.42. The largest absolute Gasteiger partial charge is 0.497 e. The number of piperazine rings is 1. The number of rotatable bonds is 4. The van der Waals surface area contributed by atoms with Crippen LogP contribution < -0.4 is 15.0 Å². The fourth-order valence-electron chi connectivity index (χ4n) is 3.11. The second-order valence-corrected chi connectivity index (χ2v) is 6.06. The van der Waals surface area contributed by atoms with Gasteiger partial charge in [-0.05, 0) is 29.8 Å². The molecular formula is C20H26N4O. The summed E-state index contributed by atoms with van der Waals surface area (Å²) >= 11 is 0. The van der Waals surface area contributed by atoms with Gasteiger partial charge >= 0.3 is 0 Å². The summed E-state index contributed by atoms with van der Waals surface area (Å²) in [5.41, 5.74) is 2.48. The molecule has 2 aromatic carbocycles. The number of methoxy groups -OCH3 is 1. The number of hydrogen-bond acceptors (Lipinski definition) is 3. The normalized spacial score (nSPS) is 15.2. The number of guanidine groups is 1. The van der Waals surface area contributed by atoms with Crippen molar-refractivity contribution in [2.75, 3.05) is 45.2 Å². The standard InChI is InChI=1S/C20H26N4O/c1-21-20(22-16-17-7-6-10-19(15-17)25-2)24-13-11-23(12-14-24)18-8-4-3-5-9-18/h3-10,15H,11-14,16H2,1-2H3,(H,21,22). The van der Waals surface area contributed by atoms with Gasteiger partial charge in [-0.25, -0.2) is 0 Å². The van der Waals surface area contributed by atoms with E-state index in [1.807, 2.05) is 25.2 Å². The average Bonchev–Trinajstić information content (AvgIpc) is 2.70. The molecule has 0 bridgehead atoms. The summed E-state index contributed by atoms with van der Waals surface area (Å²) in [6.45, 7) is 4.68. The Labute approximate surface area is 149 Å². The van der Waals surface area contributed by atoms with Crippen LogP contribution in [0.15, 0.2) is 59.6 Å². The fraction of sp³-hybridized carbons (Fsp3) is 0.350. The predicted octanol–water partition coefficient (Wildman–Crippen LogP) is 2.59. The maximum atomic E-state index is 5.28. The summed E-state index contributed by atoms with van der Waals surface area (Å²) < 4.78 is 5.28. The monoisotopic (exact) mass is 338 g/mol. The van der Waals surface area contributed by atoms with Crippen LogP contribution >= 0.6 is 0 Å². The number of benzene rings is 2. The molecule has 25 heavy (non-hydrogen) atoms. The Bertz CT molecular complexity index is 694. The highest BCUT2D eigenvalue weighted by atomic mass is 16.5. The van der Waals surface area contributed by atoms with Gasteiger partial charge in [-0.2, -0.15) is 0 Å². The summed E-state index contributed by atoms with van der Waals surface area (Å²) in [6.07, 6.45) is 0. The molecule has 0 spiro atoms. The topological polar surface area (TPSA) is 40.1 Å². The van der Waals surface area contributed by atoms with E-state index in [2.05, 4.69) is 56.5 Å². The maximum Gasteiger partial charge on any atom is 0.194 e. The van der Waals surface area contributed by atoms with Crippen LogP contribution in [0.1, 0.15) is 5.56 Å². The Morgan fingerprint density at radius 1 is 1.04 bits per heavy atom. The lowest BCUT2D eigenvalue weighted by Crippen LogP contribution is -2.52. The molecular weight excluding hydrogens is 312 g/mol. The van der Waals surface area contributed by atoms with E-state index in [0.29, 0.717) is 0 Å². The zero-order valence-corrected chi connectivity index (χ0v) is 15.0. The van der Waals surface area contributed by atoms with E-state index in [0.717, 1.165) is 44.4 Å². The van der Waals surface area contributed by atoms with Gasteiger partial charge < -0.3 is 19.9 Å². The Balaban J connectivity index is 1.54. The third kappa shape index (κ3) is 4.44. The predicted molar refractivity (Wildman–Crippen MR) is 103 cm³/mol. The molecule has 1 fully saturated rings. The number of para-hydroxylation sites is 1. The van der Waals surface area contributed by atoms with Crippen LogP contribution in [0, 0.1) is 0 Å². The molecule has 1 aliphatic heterocycles. The minimum Gasteiger partial charge on any atom is -0.497 e. The van der Waals surface area contributed by atoms with Crippen LogP contribution in [-0.4, -0.2) is 51.2 Å². The Kier molecular flexibility index (Phi) is 5.77. The van der Waals surface area contributed by atoms with E-state index in [9.17, 15) is 0 Å². The lowest BCUT2D eigenvalue weighted by molar-refractivity contribution is 0.372. The number of nitrogens with one attached hydrogen (secondary N) is 1. The Hall–Kier alpha value is -2.69. The number of nitrogens with zero attached hydrogens (tertiary/aromatic N) is 3. The SMILES string of the molecule is CN=C(NCc1cccc(OC)c1)N1CCN(c2ccccc2)CC1.